The van der Waals surface area contributed by atoms with Gasteiger partial charge in [-0.25, -0.2) is 5.01 Å². The van der Waals surface area contributed by atoms with Crippen LogP contribution in [-0.2, 0) is 0 Å². The second-order valence-electron chi connectivity index (χ2n) is 2.01. The van der Waals surface area contributed by atoms with Gasteiger partial charge in [0.25, 0.3) is 0 Å². The summed E-state index contributed by atoms with van der Waals surface area (Å²) in [5.74, 6) is 0. The molecule has 2 N–H and O–H groups in total. The summed E-state index contributed by atoms with van der Waals surface area (Å²) in [5, 5.41) is 5.06. The summed E-state index contributed by atoms with van der Waals surface area (Å²) in [5.41, 5.74) is 4.74. The zero-order valence-corrected chi connectivity index (χ0v) is 6.08. The molecule has 0 amide bonds. The number of thiocarbonyl (C=S) groups is 1. The Balaban J connectivity index is 2.04. The first-order valence-corrected chi connectivity index (χ1v) is 3.56. The van der Waals surface area contributed by atoms with E-state index in [2.05, 4.69) is 28.0 Å². The van der Waals surface area contributed by atoms with Gasteiger partial charge in [-0.15, -0.1) is 0 Å². The molecule has 0 radical (unpaired) electrons. The minimum absolute atomic E-state index is 0.823. The molecule has 0 bridgehead atoms. The average Bonchev–Trinajstić information content (AvgIpc) is 2.34. The van der Waals surface area contributed by atoms with Crippen molar-refractivity contribution in [2.45, 2.75) is 6.42 Å². The molecule has 0 aromatic rings. The van der Waals surface area contributed by atoms with Crippen molar-refractivity contribution in [1.82, 2.24) is 15.8 Å². The van der Waals surface area contributed by atoms with E-state index in [9.17, 15) is 0 Å². The van der Waals surface area contributed by atoms with Gasteiger partial charge < -0.3 is 5.32 Å². The maximum atomic E-state index is 4.60. The third-order valence-corrected chi connectivity index (χ3v) is 1.47. The first kappa shape index (κ1) is 6.92. The van der Waals surface area contributed by atoms with Crippen molar-refractivity contribution in [2.75, 3.05) is 19.8 Å². The zero-order chi connectivity index (χ0) is 6.53. The summed E-state index contributed by atoms with van der Waals surface area (Å²) in [6.45, 7) is 3.04. The van der Waals surface area contributed by atoms with Crippen molar-refractivity contribution in [3.05, 3.63) is 0 Å². The van der Waals surface area contributed by atoms with Crippen molar-refractivity contribution in [3.8, 4) is 0 Å². The van der Waals surface area contributed by atoms with Gasteiger partial charge in [0.1, 0.15) is 0 Å². The van der Waals surface area contributed by atoms with Crippen molar-refractivity contribution in [1.29, 1.82) is 0 Å². The monoisotopic (exact) mass is 145 g/mol. The number of hydrogen-bond donors (Lipinski definition) is 2. The Kier molecular flexibility index (Phi) is 2.90. The van der Waals surface area contributed by atoms with E-state index in [1.807, 2.05) is 0 Å². The number of hydrazine groups is 1. The molecule has 0 saturated carbocycles. The van der Waals surface area contributed by atoms with Crippen LogP contribution in [0.5, 0.6) is 0 Å². The SMILES string of the molecule is S=CNCN1CCCN1. The molecule has 1 saturated heterocycles. The highest BCUT2D eigenvalue weighted by molar-refractivity contribution is 7.78. The normalized spacial score (nSPS) is 20.0. The quantitative estimate of drug-likeness (QED) is 0.533. The smallest absolute Gasteiger partial charge is 0.0813 e. The lowest BCUT2D eigenvalue weighted by molar-refractivity contribution is 0.250. The van der Waals surface area contributed by atoms with E-state index in [1.54, 1.807) is 5.49 Å². The van der Waals surface area contributed by atoms with Crippen LogP contribution in [0.2, 0.25) is 0 Å². The van der Waals surface area contributed by atoms with Gasteiger partial charge in [0.05, 0.1) is 12.2 Å². The van der Waals surface area contributed by atoms with Crippen molar-refractivity contribution in [2.24, 2.45) is 0 Å². The molecular formula is C5H11N3S. The highest BCUT2D eigenvalue weighted by atomic mass is 32.1. The van der Waals surface area contributed by atoms with Crippen molar-refractivity contribution < 1.29 is 0 Å². The molecule has 4 heteroatoms. The van der Waals surface area contributed by atoms with Crippen LogP contribution in [0.15, 0.2) is 0 Å². The molecule has 1 heterocycles. The molecule has 1 aliphatic heterocycles. The van der Waals surface area contributed by atoms with Crippen LogP contribution in [0.25, 0.3) is 0 Å². The molecule has 52 valence electrons. The van der Waals surface area contributed by atoms with Crippen LogP contribution in [0.1, 0.15) is 6.42 Å². The van der Waals surface area contributed by atoms with Crippen LogP contribution < -0.4 is 10.7 Å². The van der Waals surface area contributed by atoms with Gasteiger partial charge in [0.15, 0.2) is 0 Å². The van der Waals surface area contributed by atoms with Gasteiger partial charge in [-0.05, 0) is 6.42 Å². The van der Waals surface area contributed by atoms with Gasteiger partial charge in [-0.2, -0.15) is 0 Å². The molecule has 9 heavy (non-hydrogen) atoms. The Morgan fingerprint density at radius 2 is 2.67 bits per heavy atom. The standard InChI is InChI=1S/C5H11N3S/c9-5-6-4-8-3-1-2-7-8/h5,7H,1-4H2,(H,6,9). The summed E-state index contributed by atoms with van der Waals surface area (Å²) in [4.78, 5) is 0. The number of nitrogens with one attached hydrogen (secondary N) is 2. The molecular weight excluding hydrogens is 134 g/mol. The third-order valence-electron chi connectivity index (χ3n) is 1.31. The molecule has 1 rings (SSSR count). The third kappa shape index (κ3) is 2.26. The molecule has 1 aliphatic rings. The minimum atomic E-state index is 0.823. The second kappa shape index (κ2) is 3.76. The lowest BCUT2D eigenvalue weighted by Gasteiger charge is -2.13. The fraction of sp³-hybridized carbons (Fsp3) is 0.800. The predicted molar refractivity (Wildman–Crippen MR) is 41.0 cm³/mol. The largest absolute Gasteiger partial charge is 0.368 e. The van der Waals surface area contributed by atoms with E-state index >= 15 is 0 Å². The van der Waals surface area contributed by atoms with Crippen molar-refractivity contribution in [3.63, 3.8) is 0 Å². The molecule has 1 fully saturated rings. The maximum absolute atomic E-state index is 4.60. The Morgan fingerprint density at radius 3 is 3.22 bits per heavy atom. The van der Waals surface area contributed by atoms with Gasteiger partial charge >= 0.3 is 0 Å². The predicted octanol–water partition coefficient (Wildman–Crippen LogP) is -0.299. The lowest BCUT2D eigenvalue weighted by Crippen LogP contribution is -2.38. The first-order chi connectivity index (χ1) is 4.43. The van der Waals surface area contributed by atoms with Crippen LogP contribution >= 0.6 is 12.2 Å². The zero-order valence-electron chi connectivity index (χ0n) is 5.26. The van der Waals surface area contributed by atoms with E-state index in [4.69, 9.17) is 0 Å². The first-order valence-electron chi connectivity index (χ1n) is 3.09. The Hall–Kier alpha value is -0.190. The Morgan fingerprint density at radius 1 is 1.78 bits per heavy atom. The summed E-state index contributed by atoms with van der Waals surface area (Å²) in [6.07, 6.45) is 1.24. The highest BCUT2D eigenvalue weighted by Crippen LogP contribution is 1.91. The molecule has 0 aromatic carbocycles. The van der Waals surface area contributed by atoms with Gasteiger partial charge in [-0.1, -0.05) is 12.2 Å². The van der Waals surface area contributed by atoms with Crippen LogP contribution in [0.4, 0.5) is 0 Å². The van der Waals surface area contributed by atoms with E-state index in [1.165, 1.54) is 6.42 Å². The fourth-order valence-corrected chi connectivity index (χ4v) is 0.943. The summed E-state index contributed by atoms with van der Waals surface area (Å²) in [7, 11) is 0. The minimum Gasteiger partial charge on any atom is -0.368 e. The molecule has 0 unspecified atom stereocenters. The van der Waals surface area contributed by atoms with Gasteiger partial charge in [0.2, 0.25) is 0 Å². The lowest BCUT2D eigenvalue weighted by atomic mass is 10.5. The van der Waals surface area contributed by atoms with E-state index in [0.29, 0.717) is 0 Å². The summed E-state index contributed by atoms with van der Waals surface area (Å²) >= 11 is 4.60. The van der Waals surface area contributed by atoms with E-state index in [0.717, 1.165) is 19.8 Å². The van der Waals surface area contributed by atoms with Crippen molar-refractivity contribution >= 4 is 17.7 Å². The van der Waals surface area contributed by atoms with E-state index in [-0.39, 0.29) is 0 Å². The van der Waals surface area contributed by atoms with Crippen LogP contribution in [0.3, 0.4) is 0 Å². The second-order valence-corrected chi connectivity index (χ2v) is 2.24. The van der Waals surface area contributed by atoms with Crippen LogP contribution in [-0.4, -0.2) is 30.3 Å². The number of nitrogens with zero attached hydrogens (tertiary/aromatic N) is 1. The number of hydrogen-bond acceptors (Lipinski definition) is 3. The van der Waals surface area contributed by atoms with Gasteiger partial charge in [-0.3, -0.25) is 5.43 Å². The summed E-state index contributed by atoms with van der Waals surface area (Å²) in [6, 6.07) is 0. The Bertz CT molecular complexity index is 90.2. The molecule has 3 nitrogen and oxygen atoms in total. The van der Waals surface area contributed by atoms with Gasteiger partial charge in [0, 0.05) is 13.1 Å². The number of rotatable bonds is 3. The highest BCUT2D eigenvalue weighted by Gasteiger charge is 2.07. The summed E-state index contributed by atoms with van der Waals surface area (Å²) < 4.78 is 0. The molecule has 0 spiro atoms. The maximum Gasteiger partial charge on any atom is 0.0813 e. The fourth-order valence-electron chi connectivity index (χ4n) is 0.869. The Labute approximate surface area is 60.4 Å². The molecule has 0 aromatic heterocycles. The molecule has 0 aliphatic carbocycles. The van der Waals surface area contributed by atoms with Crippen LogP contribution in [0, 0.1) is 0 Å². The van der Waals surface area contributed by atoms with E-state index < -0.39 is 0 Å². The molecule has 0 atom stereocenters. The topological polar surface area (TPSA) is 27.3 Å². The average molecular weight is 145 g/mol.